The molecule has 1 aromatic heterocycles. The molecule has 0 amide bonds. The van der Waals surface area contributed by atoms with Crippen LogP contribution in [0, 0.1) is 6.92 Å². The number of aromatic nitrogens is 4. The largest absolute Gasteiger partial charge is 0.378 e. The van der Waals surface area contributed by atoms with Crippen LogP contribution in [0.3, 0.4) is 0 Å². The SMILES string of the molecule is Cc1ccc(-n2nnnc2SCCOC(C)C)cc1. The van der Waals surface area contributed by atoms with Gasteiger partial charge in [0, 0.05) is 5.75 Å². The summed E-state index contributed by atoms with van der Waals surface area (Å²) in [5.41, 5.74) is 2.19. The molecule has 6 heteroatoms. The van der Waals surface area contributed by atoms with E-state index in [2.05, 4.69) is 22.4 Å². The van der Waals surface area contributed by atoms with E-state index in [9.17, 15) is 0 Å². The van der Waals surface area contributed by atoms with Gasteiger partial charge in [0.1, 0.15) is 0 Å². The zero-order valence-electron chi connectivity index (χ0n) is 11.4. The summed E-state index contributed by atoms with van der Waals surface area (Å²) in [5.74, 6) is 0.838. The van der Waals surface area contributed by atoms with Gasteiger partial charge in [-0.25, -0.2) is 0 Å². The Bertz CT molecular complexity index is 510. The molecule has 5 nitrogen and oxygen atoms in total. The second-order valence-corrected chi connectivity index (χ2v) is 5.54. The Morgan fingerprint density at radius 2 is 2.00 bits per heavy atom. The van der Waals surface area contributed by atoms with Gasteiger partial charge in [-0.3, -0.25) is 0 Å². The van der Waals surface area contributed by atoms with Gasteiger partial charge in [-0.15, -0.1) is 5.10 Å². The number of nitrogens with zero attached hydrogens (tertiary/aromatic N) is 4. The standard InChI is InChI=1S/C13H18N4OS/c1-10(2)18-8-9-19-13-14-15-16-17(13)12-6-4-11(3)5-7-12/h4-7,10H,8-9H2,1-3H3. The van der Waals surface area contributed by atoms with Crippen molar-refractivity contribution in [3.05, 3.63) is 29.8 Å². The fourth-order valence-electron chi connectivity index (χ4n) is 1.53. The van der Waals surface area contributed by atoms with Crippen molar-refractivity contribution in [2.45, 2.75) is 32.0 Å². The first-order chi connectivity index (χ1) is 9.16. The van der Waals surface area contributed by atoms with Crippen LogP contribution < -0.4 is 0 Å². The lowest BCUT2D eigenvalue weighted by Crippen LogP contribution is -2.06. The van der Waals surface area contributed by atoms with Gasteiger partial charge in [0.05, 0.1) is 18.4 Å². The van der Waals surface area contributed by atoms with Crippen LogP contribution in [-0.4, -0.2) is 38.7 Å². The Balaban J connectivity index is 1.99. The van der Waals surface area contributed by atoms with Crippen molar-refractivity contribution in [1.29, 1.82) is 0 Å². The first-order valence-electron chi connectivity index (χ1n) is 6.26. The fraction of sp³-hybridized carbons (Fsp3) is 0.462. The third-order valence-corrected chi connectivity index (χ3v) is 3.37. The van der Waals surface area contributed by atoms with Gasteiger partial charge in [-0.1, -0.05) is 29.5 Å². The molecule has 0 N–H and O–H groups in total. The predicted molar refractivity (Wildman–Crippen MR) is 75.7 cm³/mol. The van der Waals surface area contributed by atoms with Gasteiger partial charge in [0.2, 0.25) is 5.16 Å². The molecule has 0 atom stereocenters. The zero-order chi connectivity index (χ0) is 13.7. The Kier molecular flexibility index (Phi) is 4.93. The summed E-state index contributed by atoms with van der Waals surface area (Å²) in [6, 6.07) is 8.13. The Morgan fingerprint density at radius 3 is 2.68 bits per heavy atom. The van der Waals surface area contributed by atoms with Gasteiger partial charge < -0.3 is 4.74 Å². The summed E-state index contributed by atoms with van der Waals surface area (Å²) in [5, 5.41) is 12.6. The molecule has 0 saturated carbocycles. The Labute approximate surface area is 117 Å². The third kappa shape index (κ3) is 4.04. The average Bonchev–Trinajstić information content (AvgIpc) is 2.84. The molecular formula is C13H18N4OS. The van der Waals surface area contributed by atoms with Crippen molar-refractivity contribution in [3.63, 3.8) is 0 Å². The lowest BCUT2D eigenvalue weighted by molar-refractivity contribution is 0.0920. The van der Waals surface area contributed by atoms with Crippen molar-refractivity contribution < 1.29 is 4.74 Å². The molecule has 0 spiro atoms. The third-order valence-electron chi connectivity index (χ3n) is 2.49. The van der Waals surface area contributed by atoms with Crippen LogP contribution in [-0.2, 0) is 4.74 Å². The fourth-order valence-corrected chi connectivity index (χ4v) is 2.25. The molecule has 1 heterocycles. The number of benzene rings is 1. The molecule has 102 valence electrons. The number of ether oxygens (including phenoxy) is 1. The molecule has 0 radical (unpaired) electrons. The number of hydrogen-bond acceptors (Lipinski definition) is 5. The van der Waals surface area contributed by atoms with Gasteiger partial charge in [-0.2, -0.15) is 4.68 Å². The maximum absolute atomic E-state index is 5.50. The number of hydrogen-bond donors (Lipinski definition) is 0. The molecule has 0 fully saturated rings. The quantitative estimate of drug-likeness (QED) is 0.600. The number of tetrazole rings is 1. The maximum Gasteiger partial charge on any atom is 0.214 e. The van der Waals surface area contributed by atoms with E-state index >= 15 is 0 Å². The van der Waals surface area contributed by atoms with Crippen molar-refractivity contribution >= 4 is 11.8 Å². The predicted octanol–water partition coefficient (Wildman–Crippen LogP) is 2.49. The highest BCUT2D eigenvalue weighted by Gasteiger charge is 2.08. The number of aryl methyl sites for hydroxylation is 1. The van der Waals surface area contributed by atoms with E-state index in [1.54, 1.807) is 16.4 Å². The van der Waals surface area contributed by atoms with Gasteiger partial charge in [0.15, 0.2) is 0 Å². The highest BCUT2D eigenvalue weighted by Crippen LogP contribution is 2.18. The second-order valence-electron chi connectivity index (χ2n) is 4.48. The Hall–Kier alpha value is -1.40. The lowest BCUT2D eigenvalue weighted by Gasteiger charge is -2.07. The normalized spacial score (nSPS) is 11.2. The monoisotopic (exact) mass is 278 g/mol. The van der Waals surface area contributed by atoms with Gasteiger partial charge in [-0.05, 0) is 43.3 Å². The summed E-state index contributed by atoms with van der Waals surface area (Å²) in [4.78, 5) is 0. The molecular weight excluding hydrogens is 260 g/mol. The second kappa shape index (κ2) is 6.68. The van der Waals surface area contributed by atoms with E-state index in [-0.39, 0.29) is 6.10 Å². The number of rotatable bonds is 6. The smallest absolute Gasteiger partial charge is 0.214 e. The Morgan fingerprint density at radius 1 is 1.26 bits per heavy atom. The highest BCUT2D eigenvalue weighted by atomic mass is 32.2. The molecule has 2 aromatic rings. The number of thioether (sulfide) groups is 1. The van der Waals surface area contributed by atoms with Crippen LogP contribution in [0.2, 0.25) is 0 Å². The van der Waals surface area contributed by atoms with Crippen LogP contribution in [0.1, 0.15) is 19.4 Å². The van der Waals surface area contributed by atoms with Crippen LogP contribution >= 0.6 is 11.8 Å². The molecule has 0 aliphatic rings. The topological polar surface area (TPSA) is 52.8 Å². The van der Waals surface area contributed by atoms with E-state index in [4.69, 9.17) is 4.74 Å². The molecule has 0 saturated heterocycles. The summed E-state index contributed by atoms with van der Waals surface area (Å²) >= 11 is 1.60. The first-order valence-corrected chi connectivity index (χ1v) is 7.25. The van der Waals surface area contributed by atoms with Crippen molar-refractivity contribution in [2.24, 2.45) is 0 Å². The van der Waals surface area contributed by atoms with Crippen molar-refractivity contribution in [2.75, 3.05) is 12.4 Å². The summed E-state index contributed by atoms with van der Waals surface area (Å²) in [6.07, 6.45) is 0.258. The lowest BCUT2D eigenvalue weighted by atomic mass is 10.2. The van der Waals surface area contributed by atoms with Crippen LogP contribution in [0.25, 0.3) is 5.69 Å². The van der Waals surface area contributed by atoms with Crippen molar-refractivity contribution in [3.8, 4) is 5.69 Å². The van der Waals surface area contributed by atoms with E-state index in [0.717, 1.165) is 16.6 Å². The first kappa shape index (κ1) is 14.0. The summed E-state index contributed by atoms with van der Waals surface area (Å²) < 4.78 is 7.25. The summed E-state index contributed by atoms with van der Waals surface area (Å²) in [6.45, 7) is 6.81. The summed E-state index contributed by atoms with van der Waals surface area (Å²) in [7, 11) is 0. The minimum absolute atomic E-state index is 0.258. The molecule has 2 rings (SSSR count). The highest BCUT2D eigenvalue weighted by molar-refractivity contribution is 7.99. The van der Waals surface area contributed by atoms with E-state index in [1.165, 1.54) is 5.56 Å². The van der Waals surface area contributed by atoms with Crippen molar-refractivity contribution in [1.82, 2.24) is 20.2 Å². The molecule has 0 aliphatic heterocycles. The molecule has 0 aliphatic carbocycles. The van der Waals surface area contributed by atoms with Crippen LogP contribution in [0.15, 0.2) is 29.4 Å². The van der Waals surface area contributed by atoms with Gasteiger partial charge >= 0.3 is 0 Å². The maximum atomic E-state index is 5.50. The van der Waals surface area contributed by atoms with E-state index in [0.29, 0.717) is 6.61 Å². The average molecular weight is 278 g/mol. The molecule has 1 aromatic carbocycles. The minimum atomic E-state index is 0.258. The van der Waals surface area contributed by atoms with Crippen LogP contribution in [0.4, 0.5) is 0 Å². The molecule has 19 heavy (non-hydrogen) atoms. The van der Waals surface area contributed by atoms with Crippen LogP contribution in [0.5, 0.6) is 0 Å². The zero-order valence-corrected chi connectivity index (χ0v) is 12.2. The van der Waals surface area contributed by atoms with Gasteiger partial charge in [0.25, 0.3) is 0 Å². The van der Waals surface area contributed by atoms with E-state index < -0.39 is 0 Å². The molecule has 0 bridgehead atoms. The van der Waals surface area contributed by atoms with E-state index in [1.807, 2.05) is 38.1 Å². The minimum Gasteiger partial charge on any atom is -0.378 e. The molecule has 0 unspecified atom stereocenters.